The molecule has 1 fully saturated rings. The van der Waals surface area contributed by atoms with Crippen molar-refractivity contribution in [1.29, 1.82) is 0 Å². The molecule has 21 heavy (non-hydrogen) atoms. The van der Waals surface area contributed by atoms with Crippen molar-refractivity contribution in [3.05, 3.63) is 29.6 Å². The van der Waals surface area contributed by atoms with Gasteiger partial charge in [0.15, 0.2) is 0 Å². The maximum atomic E-state index is 11.2. The molecule has 0 atom stereocenters. The van der Waals surface area contributed by atoms with Crippen molar-refractivity contribution < 1.29 is 9.90 Å². The minimum absolute atomic E-state index is 0.180. The number of hydrogen-bond donors (Lipinski definition) is 1. The number of nitrogens with zero attached hydrogens (tertiary/aromatic N) is 2. The Morgan fingerprint density at radius 3 is 2.62 bits per heavy atom. The van der Waals surface area contributed by atoms with Crippen molar-refractivity contribution >= 4 is 17.0 Å². The molecule has 0 saturated heterocycles. The van der Waals surface area contributed by atoms with E-state index >= 15 is 0 Å². The molecule has 1 heterocycles. The lowest BCUT2D eigenvalue weighted by Crippen LogP contribution is -2.41. The summed E-state index contributed by atoms with van der Waals surface area (Å²) in [7, 11) is 0. The summed E-state index contributed by atoms with van der Waals surface area (Å²) in [5.41, 5.74) is 2.37. The van der Waals surface area contributed by atoms with E-state index in [0.717, 1.165) is 23.3 Å². The first-order valence-corrected chi connectivity index (χ1v) is 7.74. The molecule has 1 saturated carbocycles. The highest BCUT2D eigenvalue weighted by Gasteiger charge is 2.40. The first kappa shape index (κ1) is 14.1. The normalized spacial score (nSPS) is 17.1. The van der Waals surface area contributed by atoms with E-state index in [1.165, 1.54) is 19.3 Å². The lowest BCUT2D eigenvalue weighted by Gasteiger charge is -2.44. The van der Waals surface area contributed by atoms with Crippen molar-refractivity contribution in [2.45, 2.75) is 57.9 Å². The van der Waals surface area contributed by atoms with E-state index in [2.05, 4.69) is 25.3 Å². The van der Waals surface area contributed by atoms with Gasteiger partial charge in [-0.25, -0.2) is 9.78 Å². The largest absolute Gasteiger partial charge is 0.478 e. The number of hydrogen-bond acceptors (Lipinski definition) is 2. The Morgan fingerprint density at radius 1 is 1.43 bits per heavy atom. The van der Waals surface area contributed by atoms with Crippen LogP contribution in [0.5, 0.6) is 0 Å². The Labute approximate surface area is 124 Å². The summed E-state index contributed by atoms with van der Waals surface area (Å²) in [6.45, 7) is 6.54. The quantitative estimate of drug-likeness (QED) is 0.918. The molecular weight excluding hydrogens is 264 g/mol. The van der Waals surface area contributed by atoms with E-state index in [1.807, 2.05) is 6.07 Å². The highest BCUT2D eigenvalue weighted by Crippen LogP contribution is 2.45. The number of imidazole rings is 1. The minimum atomic E-state index is -0.897. The Balaban J connectivity index is 2.25. The van der Waals surface area contributed by atoms with Crippen LogP contribution in [-0.2, 0) is 5.54 Å². The van der Waals surface area contributed by atoms with Gasteiger partial charge in [-0.1, -0.05) is 20.8 Å². The van der Waals surface area contributed by atoms with Crippen LogP contribution in [0.4, 0.5) is 0 Å². The molecule has 1 aliphatic carbocycles. The number of fused-ring (bicyclic) bond motifs is 1. The zero-order valence-electron chi connectivity index (χ0n) is 12.9. The number of benzene rings is 1. The lowest BCUT2D eigenvalue weighted by molar-refractivity contribution is 0.0697. The van der Waals surface area contributed by atoms with Gasteiger partial charge in [0.1, 0.15) is 5.82 Å². The second kappa shape index (κ2) is 4.86. The number of carboxylic acids is 1. The molecule has 0 unspecified atom stereocenters. The summed E-state index contributed by atoms with van der Waals surface area (Å²) < 4.78 is 2.39. The molecule has 112 valence electrons. The summed E-state index contributed by atoms with van der Waals surface area (Å²) in [6.07, 6.45) is 4.74. The second-order valence-electron chi connectivity index (χ2n) is 6.40. The zero-order chi connectivity index (χ0) is 15.2. The Bertz CT molecular complexity index is 691. The summed E-state index contributed by atoms with van der Waals surface area (Å²) in [6, 6.07) is 5.31. The first-order chi connectivity index (χ1) is 9.98. The average molecular weight is 286 g/mol. The van der Waals surface area contributed by atoms with Crippen molar-refractivity contribution in [3.63, 3.8) is 0 Å². The lowest BCUT2D eigenvalue weighted by atomic mass is 9.74. The monoisotopic (exact) mass is 286 g/mol. The molecule has 0 aliphatic heterocycles. The zero-order valence-corrected chi connectivity index (χ0v) is 12.9. The van der Waals surface area contributed by atoms with Gasteiger partial charge in [-0.3, -0.25) is 0 Å². The fraction of sp³-hybridized carbons (Fsp3) is 0.529. The van der Waals surface area contributed by atoms with Crippen LogP contribution in [0.1, 0.15) is 68.6 Å². The van der Waals surface area contributed by atoms with Crippen LogP contribution >= 0.6 is 0 Å². The standard InChI is InChI=1S/C17H22N2O2/c1-4-17(8-5-9-17)19-14-7-6-12(16(20)21)10-13(14)18-15(19)11(2)3/h6-7,10-11H,4-5,8-9H2,1-3H3,(H,20,21). The van der Waals surface area contributed by atoms with Gasteiger partial charge >= 0.3 is 5.97 Å². The van der Waals surface area contributed by atoms with Crippen LogP contribution in [0.15, 0.2) is 18.2 Å². The Hall–Kier alpha value is -1.84. The van der Waals surface area contributed by atoms with E-state index < -0.39 is 5.97 Å². The third-order valence-corrected chi connectivity index (χ3v) is 4.86. The van der Waals surface area contributed by atoms with Gasteiger partial charge < -0.3 is 9.67 Å². The maximum absolute atomic E-state index is 11.2. The molecule has 4 nitrogen and oxygen atoms in total. The van der Waals surface area contributed by atoms with Crippen LogP contribution in [0, 0.1) is 0 Å². The van der Waals surface area contributed by atoms with E-state index in [9.17, 15) is 4.79 Å². The number of carboxylic acid groups (broad SMARTS) is 1. The van der Waals surface area contributed by atoms with Gasteiger partial charge in [0.25, 0.3) is 0 Å². The molecular formula is C17H22N2O2. The molecule has 2 aromatic rings. The molecule has 0 radical (unpaired) electrons. The van der Waals surface area contributed by atoms with E-state index in [4.69, 9.17) is 10.1 Å². The fourth-order valence-electron chi connectivity index (χ4n) is 3.44. The van der Waals surface area contributed by atoms with Gasteiger partial charge in [-0.2, -0.15) is 0 Å². The third-order valence-electron chi connectivity index (χ3n) is 4.86. The number of carbonyl (C=O) groups is 1. The van der Waals surface area contributed by atoms with E-state index in [1.54, 1.807) is 12.1 Å². The average Bonchev–Trinajstić information content (AvgIpc) is 2.77. The van der Waals surface area contributed by atoms with Crippen molar-refractivity contribution in [1.82, 2.24) is 9.55 Å². The Morgan fingerprint density at radius 2 is 2.14 bits per heavy atom. The first-order valence-electron chi connectivity index (χ1n) is 7.74. The molecule has 3 rings (SSSR count). The van der Waals surface area contributed by atoms with Crippen LogP contribution < -0.4 is 0 Å². The van der Waals surface area contributed by atoms with Crippen LogP contribution in [0.3, 0.4) is 0 Å². The molecule has 0 bridgehead atoms. The molecule has 0 spiro atoms. The topological polar surface area (TPSA) is 55.1 Å². The van der Waals surface area contributed by atoms with Crippen LogP contribution in [0.2, 0.25) is 0 Å². The Kier molecular flexibility index (Phi) is 3.27. The fourth-order valence-corrected chi connectivity index (χ4v) is 3.44. The summed E-state index contributed by atoms with van der Waals surface area (Å²) in [4.78, 5) is 15.9. The van der Waals surface area contributed by atoms with Gasteiger partial charge in [0, 0.05) is 11.5 Å². The number of aromatic nitrogens is 2. The predicted octanol–water partition coefficient (Wildman–Crippen LogP) is 4.15. The van der Waals surface area contributed by atoms with Gasteiger partial charge in [-0.05, 0) is 43.9 Å². The van der Waals surface area contributed by atoms with Crippen molar-refractivity contribution in [2.24, 2.45) is 0 Å². The molecule has 1 aromatic heterocycles. The summed E-state index contributed by atoms with van der Waals surface area (Å²) >= 11 is 0. The third kappa shape index (κ3) is 2.04. The smallest absolute Gasteiger partial charge is 0.335 e. The van der Waals surface area contributed by atoms with Crippen molar-refractivity contribution in [3.8, 4) is 0 Å². The molecule has 1 N–H and O–H groups in total. The minimum Gasteiger partial charge on any atom is -0.478 e. The highest BCUT2D eigenvalue weighted by atomic mass is 16.4. The van der Waals surface area contributed by atoms with Crippen LogP contribution in [-0.4, -0.2) is 20.6 Å². The SMILES string of the molecule is CCC1(n2c(C(C)C)nc3cc(C(=O)O)ccc32)CCC1. The van der Waals surface area contributed by atoms with E-state index in [-0.39, 0.29) is 5.54 Å². The number of rotatable bonds is 4. The van der Waals surface area contributed by atoms with E-state index in [0.29, 0.717) is 11.5 Å². The molecule has 0 amide bonds. The molecule has 1 aromatic carbocycles. The molecule has 1 aliphatic rings. The van der Waals surface area contributed by atoms with Gasteiger partial charge in [0.05, 0.1) is 16.6 Å². The van der Waals surface area contributed by atoms with Crippen molar-refractivity contribution in [2.75, 3.05) is 0 Å². The summed E-state index contributed by atoms with van der Waals surface area (Å²) in [5, 5.41) is 9.16. The highest BCUT2D eigenvalue weighted by molar-refractivity contribution is 5.92. The number of aromatic carboxylic acids is 1. The van der Waals surface area contributed by atoms with Gasteiger partial charge in [0.2, 0.25) is 0 Å². The summed E-state index contributed by atoms with van der Waals surface area (Å²) in [5.74, 6) is 0.509. The van der Waals surface area contributed by atoms with Crippen LogP contribution in [0.25, 0.3) is 11.0 Å². The van der Waals surface area contributed by atoms with Gasteiger partial charge in [-0.15, -0.1) is 0 Å². The maximum Gasteiger partial charge on any atom is 0.335 e. The predicted molar refractivity (Wildman–Crippen MR) is 82.9 cm³/mol. The molecule has 4 heteroatoms. The second-order valence-corrected chi connectivity index (χ2v) is 6.40.